The van der Waals surface area contributed by atoms with Crippen molar-refractivity contribution in [3.63, 3.8) is 0 Å². The summed E-state index contributed by atoms with van der Waals surface area (Å²) in [6.07, 6.45) is 2.95. The fourth-order valence-corrected chi connectivity index (χ4v) is 1.60. The Morgan fingerprint density at radius 2 is 1.95 bits per heavy atom. The van der Waals surface area contributed by atoms with Crippen molar-refractivity contribution in [2.24, 2.45) is 0 Å². The van der Waals surface area contributed by atoms with Crippen LogP contribution in [0.3, 0.4) is 0 Å². The van der Waals surface area contributed by atoms with Gasteiger partial charge < -0.3 is 10.3 Å². The van der Waals surface area contributed by atoms with Gasteiger partial charge in [-0.2, -0.15) is 0 Å². The molecule has 0 aliphatic heterocycles. The lowest BCUT2D eigenvalue weighted by atomic mass is 10.1. The molecule has 20 heavy (non-hydrogen) atoms. The first-order valence-corrected chi connectivity index (χ1v) is 5.55. The molecule has 4 nitrogen and oxygen atoms in total. The van der Waals surface area contributed by atoms with E-state index in [2.05, 4.69) is 15.3 Å². The zero-order valence-electron chi connectivity index (χ0n) is 10.2. The summed E-state index contributed by atoms with van der Waals surface area (Å²) in [6, 6.07) is -0.342. The third-order valence-corrected chi connectivity index (χ3v) is 2.62. The van der Waals surface area contributed by atoms with Crippen LogP contribution in [0.5, 0.6) is 0 Å². The van der Waals surface area contributed by atoms with Crippen LogP contribution in [-0.4, -0.2) is 15.9 Å². The second-order valence-corrected chi connectivity index (χ2v) is 4.02. The highest BCUT2D eigenvalue weighted by Gasteiger charge is 2.24. The topological polar surface area (TPSA) is 57.8 Å². The van der Waals surface area contributed by atoms with Crippen molar-refractivity contribution in [3.8, 4) is 0 Å². The molecule has 1 amide bonds. The molecule has 1 aromatic carbocycles. The molecule has 0 spiro atoms. The summed E-state index contributed by atoms with van der Waals surface area (Å²) in [6.45, 7) is 1.53. The molecule has 0 aliphatic rings. The van der Waals surface area contributed by atoms with Crippen LogP contribution in [0.2, 0.25) is 0 Å². The maximum atomic E-state index is 13.4. The first kappa shape index (κ1) is 14.0. The van der Waals surface area contributed by atoms with E-state index in [4.69, 9.17) is 0 Å². The van der Waals surface area contributed by atoms with E-state index in [1.54, 1.807) is 0 Å². The van der Waals surface area contributed by atoms with E-state index in [1.165, 1.54) is 19.3 Å². The molecule has 2 aromatic rings. The Labute approximate surface area is 110 Å². The van der Waals surface area contributed by atoms with E-state index in [9.17, 15) is 22.4 Å². The molecule has 1 aromatic heterocycles. The Morgan fingerprint density at radius 3 is 2.55 bits per heavy atom. The molecular weight excluding hydrogens is 278 g/mol. The SMILES string of the molecule is CC(NC(=O)c1cc(F)c(F)c(F)c1F)c1ncc[nH]1. The standard InChI is InChI=1S/C12H9F4N3O/c1-5(11-17-2-3-18-11)19-12(20)6-4-7(13)9(15)10(16)8(6)14/h2-5H,1H3,(H,17,18)(H,19,20). The number of nitrogens with one attached hydrogen (secondary N) is 2. The minimum Gasteiger partial charge on any atom is -0.347 e. The number of rotatable bonds is 3. The zero-order chi connectivity index (χ0) is 14.9. The molecule has 0 saturated carbocycles. The van der Waals surface area contributed by atoms with Crippen LogP contribution in [0.4, 0.5) is 17.6 Å². The number of aromatic amines is 1. The lowest BCUT2D eigenvalue weighted by Gasteiger charge is -2.12. The van der Waals surface area contributed by atoms with Gasteiger partial charge in [0.05, 0.1) is 11.6 Å². The maximum Gasteiger partial charge on any atom is 0.255 e. The van der Waals surface area contributed by atoms with Crippen molar-refractivity contribution >= 4 is 5.91 Å². The molecule has 0 radical (unpaired) electrons. The van der Waals surface area contributed by atoms with Crippen molar-refractivity contribution in [2.75, 3.05) is 0 Å². The first-order chi connectivity index (χ1) is 9.41. The number of imidazole rings is 1. The number of H-pyrrole nitrogens is 1. The van der Waals surface area contributed by atoms with Crippen molar-refractivity contribution < 1.29 is 22.4 Å². The number of amides is 1. The van der Waals surface area contributed by atoms with Gasteiger partial charge in [-0.25, -0.2) is 22.5 Å². The predicted molar refractivity (Wildman–Crippen MR) is 60.7 cm³/mol. The van der Waals surface area contributed by atoms with Crippen LogP contribution in [0.25, 0.3) is 0 Å². The van der Waals surface area contributed by atoms with Crippen molar-refractivity contribution in [3.05, 3.63) is 53.1 Å². The van der Waals surface area contributed by atoms with Crippen LogP contribution in [0.15, 0.2) is 18.5 Å². The van der Waals surface area contributed by atoms with Gasteiger partial charge in [-0.05, 0) is 13.0 Å². The molecule has 8 heteroatoms. The van der Waals surface area contributed by atoms with Gasteiger partial charge in [0.25, 0.3) is 5.91 Å². The van der Waals surface area contributed by atoms with E-state index in [0.29, 0.717) is 11.9 Å². The molecule has 1 atom stereocenters. The highest BCUT2D eigenvalue weighted by molar-refractivity contribution is 5.94. The normalized spacial score (nSPS) is 12.2. The second-order valence-electron chi connectivity index (χ2n) is 4.02. The Morgan fingerprint density at radius 1 is 1.25 bits per heavy atom. The van der Waals surface area contributed by atoms with E-state index in [1.807, 2.05) is 0 Å². The number of aromatic nitrogens is 2. The van der Waals surface area contributed by atoms with Crippen LogP contribution < -0.4 is 5.32 Å². The number of carbonyl (C=O) groups excluding carboxylic acids is 1. The molecule has 0 saturated heterocycles. The van der Waals surface area contributed by atoms with Gasteiger partial charge in [0, 0.05) is 12.4 Å². The van der Waals surface area contributed by atoms with Crippen molar-refractivity contribution in [2.45, 2.75) is 13.0 Å². The summed E-state index contributed by atoms with van der Waals surface area (Å²) in [4.78, 5) is 18.3. The summed E-state index contributed by atoms with van der Waals surface area (Å²) >= 11 is 0. The number of carbonyl (C=O) groups is 1. The van der Waals surface area contributed by atoms with E-state index >= 15 is 0 Å². The summed E-state index contributed by atoms with van der Waals surface area (Å²) in [7, 11) is 0. The zero-order valence-corrected chi connectivity index (χ0v) is 10.2. The predicted octanol–water partition coefficient (Wildman–Crippen LogP) is 2.46. The van der Waals surface area contributed by atoms with Gasteiger partial charge in [0.1, 0.15) is 5.82 Å². The fourth-order valence-electron chi connectivity index (χ4n) is 1.60. The minimum atomic E-state index is -2.03. The van der Waals surface area contributed by atoms with Crippen LogP contribution in [0.1, 0.15) is 29.1 Å². The van der Waals surface area contributed by atoms with Gasteiger partial charge in [0.15, 0.2) is 23.3 Å². The Balaban J connectivity index is 2.26. The summed E-state index contributed by atoms with van der Waals surface area (Å²) in [5, 5.41) is 2.28. The summed E-state index contributed by atoms with van der Waals surface area (Å²) in [5.74, 6) is -8.07. The highest BCUT2D eigenvalue weighted by Crippen LogP contribution is 2.19. The Bertz CT molecular complexity index is 643. The van der Waals surface area contributed by atoms with Crippen LogP contribution in [0, 0.1) is 23.3 Å². The molecular formula is C12H9F4N3O. The van der Waals surface area contributed by atoms with Gasteiger partial charge in [0.2, 0.25) is 0 Å². The van der Waals surface area contributed by atoms with Gasteiger partial charge in [-0.3, -0.25) is 4.79 Å². The average molecular weight is 287 g/mol. The van der Waals surface area contributed by atoms with Gasteiger partial charge in [-0.15, -0.1) is 0 Å². The molecule has 2 N–H and O–H groups in total. The molecule has 0 fully saturated rings. The molecule has 1 heterocycles. The minimum absolute atomic E-state index is 0.304. The van der Waals surface area contributed by atoms with Gasteiger partial charge >= 0.3 is 0 Å². The van der Waals surface area contributed by atoms with Crippen LogP contribution >= 0.6 is 0 Å². The third kappa shape index (κ3) is 2.49. The molecule has 1 unspecified atom stereocenters. The van der Waals surface area contributed by atoms with E-state index in [0.717, 1.165) is 0 Å². The Hall–Kier alpha value is -2.38. The number of hydrogen-bond donors (Lipinski definition) is 2. The first-order valence-electron chi connectivity index (χ1n) is 5.55. The largest absolute Gasteiger partial charge is 0.347 e. The summed E-state index contributed by atoms with van der Waals surface area (Å²) < 4.78 is 52.2. The Kier molecular flexibility index (Phi) is 3.73. The second kappa shape index (κ2) is 5.32. The number of halogens is 4. The van der Waals surface area contributed by atoms with E-state index in [-0.39, 0.29) is 0 Å². The molecule has 0 bridgehead atoms. The van der Waals surface area contributed by atoms with Crippen molar-refractivity contribution in [1.29, 1.82) is 0 Å². The molecule has 2 rings (SSSR count). The highest BCUT2D eigenvalue weighted by atomic mass is 19.2. The number of hydrogen-bond acceptors (Lipinski definition) is 2. The smallest absolute Gasteiger partial charge is 0.255 e. The third-order valence-electron chi connectivity index (χ3n) is 2.62. The van der Waals surface area contributed by atoms with Gasteiger partial charge in [-0.1, -0.05) is 0 Å². The van der Waals surface area contributed by atoms with Crippen LogP contribution in [-0.2, 0) is 0 Å². The average Bonchev–Trinajstić information content (AvgIpc) is 2.94. The molecule has 106 valence electrons. The lowest BCUT2D eigenvalue weighted by molar-refractivity contribution is 0.0932. The fraction of sp³-hybridized carbons (Fsp3) is 0.167. The monoisotopic (exact) mass is 287 g/mol. The number of nitrogens with zero attached hydrogens (tertiary/aromatic N) is 1. The maximum absolute atomic E-state index is 13.4. The molecule has 0 aliphatic carbocycles. The summed E-state index contributed by atoms with van der Waals surface area (Å²) in [5.41, 5.74) is -0.917. The van der Waals surface area contributed by atoms with Crippen molar-refractivity contribution in [1.82, 2.24) is 15.3 Å². The lowest BCUT2D eigenvalue weighted by Crippen LogP contribution is -2.28. The van der Waals surface area contributed by atoms with E-state index < -0.39 is 40.8 Å². The quantitative estimate of drug-likeness (QED) is 0.517. The number of benzene rings is 1.